The number of nitrogens with zero attached hydrogens (tertiary/aromatic N) is 2. The smallest absolute Gasteiger partial charge is 0.424 e. The van der Waals surface area contributed by atoms with Crippen LogP contribution in [0.2, 0.25) is 5.02 Å². The number of rotatable bonds is 7. The standard InChI is InChI=1S/C30H22ClF7N4O5/c1-27(26(39)44)12-47-24-17(27)9-21(42-23(24)13-3-4-19(32)18(31)7-13)28(45,30(36,37)38)11-41-25(43)15-5-14-6-16(29(33,34)35)10-40-22(14)20(8-15)46-2/h3-10,45H,11-12H2,1-2H3,(H2,39,44)(H,41,43)/t27-,28?/m0/s1. The SMILES string of the molecule is COc1cc(C(=O)NCC(O)(c2cc3c(c(-c4ccc(F)c(Cl)c4)n2)OC[C@]3(C)C(N)=O)C(F)(F)F)cc2cc(C(F)(F)F)cnc12. The van der Waals surface area contributed by atoms with Crippen LogP contribution in [0.25, 0.3) is 22.2 Å². The van der Waals surface area contributed by atoms with Gasteiger partial charge in [-0.05, 0) is 49.4 Å². The molecular weight excluding hydrogens is 665 g/mol. The number of ether oxygens (including phenoxy) is 2. The highest BCUT2D eigenvalue weighted by atomic mass is 35.5. The highest BCUT2D eigenvalue weighted by molar-refractivity contribution is 6.31. The Bertz CT molecular complexity index is 1940. The summed E-state index contributed by atoms with van der Waals surface area (Å²) in [6.07, 6.45) is -9.75. The number of methoxy groups -OCH3 is 1. The molecule has 1 aliphatic heterocycles. The fraction of sp³-hybridized carbons (Fsp3) is 0.267. The first-order chi connectivity index (χ1) is 21.8. The van der Waals surface area contributed by atoms with Crippen molar-refractivity contribution < 1.29 is 54.9 Å². The lowest BCUT2D eigenvalue weighted by Gasteiger charge is -2.31. The van der Waals surface area contributed by atoms with Crippen LogP contribution in [-0.2, 0) is 22.0 Å². The first-order valence-electron chi connectivity index (χ1n) is 13.4. The topological polar surface area (TPSA) is 137 Å². The molecule has 248 valence electrons. The van der Waals surface area contributed by atoms with Gasteiger partial charge in [-0.3, -0.25) is 14.6 Å². The van der Waals surface area contributed by atoms with Crippen molar-refractivity contribution in [2.24, 2.45) is 5.73 Å². The third-order valence-corrected chi connectivity index (χ3v) is 8.05. The fourth-order valence-electron chi connectivity index (χ4n) is 4.94. The number of amides is 2. The van der Waals surface area contributed by atoms with Gasteiger partial charge in [-0.2, -0.15) is 26.3 Å². The summed E-state index contributed by atoms with van der Waals surface area (Å²) in [6.45, 7) is -0.659. The molecule has 0 aliphatic carbocycles. The minimum Gasteiger partial charge on any atom is -0.494 e. The van der Waals surface area contributed by atoms with Crippen molar-refractivity contribution in [3.63, 3.8) is 0 Å². The second kappa shape index (κ2) is 11.5. The summed E-state index contributed by atoms with van der Waals surface area (Å²) in [5.74, 6) is -3.38. The normalized spacial score (nSPS) is 17.5. The number of primary amides is 1. The monoisotopic (exact) mass is 686 g/mol. The van der Waals surface area contributed by atoms with Crippen molar-refractivity contribution in [3.05, 3.63) is 81.9 Å². The molecule has 0 radical (unpaired) electrons. The molecule has 5 rings (SSSR count). The molecule has 4 aromatic rings. The second-order valence-electron chi connectivity index (χ2n) is 10.9. The number of carbonyl (C=O) groups excluding carboxylic acids is 2. The van der Waals surface area contributed by atoms with Gasteiger partial charge in [0.2, 0.25) is 11.5 Å². The van der Waals surface area contributed by atoms with E-state index in [2.05, 4.69) is 9.97 Å². The van der Waals surface area contributed by atoms with E-state index in [-0.39, 0.29) is 39.2 Å². The van der Waals surface area contributed by atoms with E-state index in [0.29, 0.717) is 12.3 Å². The largest absolute Gasteiger partial charge is 0.494 e. The van der Waals surface area contributed by atoms with E-state index in [0.717, 1.165) is 43.5 Å². The average Bonchev–Trinajstić information content (AvgIpc) is 3.36. The zero-order valence-electron chi connectivity index (χ0n) is 24.1. The summed E-state index contributed by atoms with van der Waals surface area (Å²) in [6, 6.07) is 6.56. The van der Waals surface area contributed by atoms with E-state index in [1.807, 2.05) is 5.32 Å². The first kappa shape index (κ1) is 33.7. The number of carbonyl (C=O) groups is 2. The number of halogens is 8. The molecule has 0 spiro atoms. The van der Waals surface area contributed by atoms with E-state index < -0.39 is 76.0 Å². The van der Waals surface area contributed by atoms with Gasteiger partial charge in [0.1, 0.15) is 40.5 Å². The van der Waals surface area contributed by atoms with Crippen LogP contribution in [0.15, 0.2) is 48.7 Å². The van der Waals surface area contributed by atoms with Crippen molar-refractivity contribution in [2.75, 3.05) is 20.3 Å². The van der Waals surface area contributed by atoms with Crippen LogP contribution in [-0.4, -0.2) is 53.3 Å². The van der Waals surface area contributed by atoms with Crippen molar-refractivity contribution in [3.8, 4) is 22.8 Å². The minimum atomic E-state index is -5.52. The molecular formula is C30H22ClF7N4O5. The van der Waals surface area contributed by atoms with Gasteiger partial charge in [-0.25, -0.2) is 9.37 Å². The van der Waals surface area contributed by atoms with Gasteiger partial charge in [-0.15, -0.1) is 0 Å². The molecule has 17 heteroatoms. The molecule has 47 heavy (non-hydrogen) atoms. The summed E-state index contributed by atoms with van der Waals surface area (Å²) in [7, 11) is 1.15. The molecule has 0 bridgehead atoms. The molecule has 2 aromatic carbocycles. The van der Waals surface area contributed by atoms with E-state index in [9.17, 15) is 45.4 Å². The van der Waals surface area contributed by atoms with E-state index in [1.54, 1.807) is 0 Å². The van der Waals surface area contributed by atoms with Crippen molar-refractivity contribution in [1.29, 1.82) is 0 Å². The lowest BCUT2D eigenvalue weighted by atomic mass is 9.81. The Kier molecular flexibility index (Phi) is 8.25. The third-order valence-electron chi connectivity index (χ3n) is 7.76. The molecule has 9 nitrogen and oxygen atoms in total. The average molecular weight is 687 g/mol. The number of aromatic nitrogens is 2. The highest BCUT2D eigenvalue weighted by Crippen LogP contribution is 2.48. The number of aliphatic hydroxyl groups is 1. The van der Waals surface area contributed by atoms with Gasteiger partial charge in [0, 0.05) is 28.3 Å². The van der Waals surface area contributed by atoms with Crippen molar-refractivity contribution in [2.45, 2.75) is 30.3 Å². The molecule has 1 unspecified atom stereocenters. The maximum absolute atomic E-state index is 14.7. The summed E-state index contributed by atoms with van der Waals surface area (Å²) >= 11 is 5.89. The van der Waals surface area contributed by atoms with Crippen LogP contribution in [0.1, 0.15) is 34.1 Å². The Morgan fingerprint density at radius 3 is 2.43 bits per heavy atom. The second-order valence-corrected chi connectivity index (χ2v) is 11.3. The van der Waals surface area contributed by atoms with Gasteiger partial charge >= 0.3 is 12.4 Å². The van der Waals surface area contributed by atoms with Crippen LogP contribution in [0.5, 0.6) is 11.5 Å². The Morgan fingerprint density at radius 1 is 1.13 bits per heavy atom. The third kappa shape index (κ3) is 5.86. The van der Waals surface area contributed by atoms with Crippen LogP contribution in [0.4, 0.5) is 30.7 Å². The number of nitrogens with one attached hydrogen (secondary N) is 1. The predicted molar refractivity (Wildman–Crippen MR) is 152 cm³/mol. The van der Waals surface area contributed by atoms with Crippen molar-refractivity contribution >= 4 is 34.3 Å². The summed E-state index contributed by atoms with van der Waals surface area (Å²) in [5.41, 5.74) is -3.33. The zero-order valence-corrected chi connectivity index (χ0v) is 24.9. The molecule has 4 N–H and O–H groups in total. The van der Waals surface area contributed by atoms with Crippen LogP contribution < -0.4 is 20.5 Å². The molecule has 3 heterocycles. The van der Waals surface area contributed by atoms with E-state index >= 15 is 0 Å². The van der Waals surface area contributed by atoms with Gasteiger partial charge in [-0.1, -0.05) is 11.6 Å². The Hall–Kier alpha value is -4.70. The lowest BCUT2D eigenvalue weighted by Crippen LogP contribution is -2.51. The number of benzene rings is 2. The molecule has 2 atom stereocenters. The maximum Gasteiger partial charge on any atom is 0.424 e. The molecule has 2 amide bonds. The first-order valence-corrected chi connectivity index (χ1v) is 13.7. The number of nitrogens with two attached hydrogens (primary N) is 1. The quantitative estimate of drug-likeness (QED) is 0.221. The van der Waals surface area contributed by atoms with E-state index in [1.165, 1.54) is 6.92 Å². The van der Waals surface area contributed by atoms with E-state index in [4.69, 9.17) is 26.8 Å². The van der Waals surface area contributed by atoms with Gasteiger partial charge in [0.25, 0.3) is 5.91 Å². The van der Waals surface area contributed by atoms with Crippen molar-refractivity contribution in [1.82, 2.24) is 15.3 Å². The molecule has 0 saturated carbocycles. The number of hydrogen-bond donors (Lipinski definition) is 3. The molecule has 2 aromatic heterocycles. The Balaban J connectivity index is 1.60. The number of hydrogen-bond acceptors (Lipinski definition) is 7. The highest BCUT2D eigenvalue weighted by Gasteiger charge is 2.57. The number of fused-ring (bicyclic) bond motifs is 2. The molecule has 0 fully saturated rings. The van der Waals surface area contributed by atoms with Gasteiger partial charge < -0.3 is 25.6 Å². The Morgan fingerprint density at radius 2 is 1.83 bits per heavy atom. The summed E-state index contributed by atoms with van der Waals surface area (Å²) in [5, 5.41) is 12.5. The Labute approximate surface area is 265 Å². The molecule has 1 aliphatic rings. The zero-order chi connectivity index (χ0) is 34.7. The summed E-state index contributed by atoms with van der Waals surface area (Å²) < 4.78 is 109. The van der Waals surface area contributed by atoms with Crippen LogP contribution in [0.3, 0.4) is 0 Å². The predicted octanol–water partition coefficient (Wildman–Crippen LogP) is 5.43. The van der Waals surface area contributed by atoms with Gasteiger partial charge in [0.05, 0.1) is 29.9 Å². The van der Waals surface area contributed by atoms with Crippen LogP contribution in [0, 0.1) is 5.82 Å². The lowest BCUT2D eigenvalue weighted by molar-refractivity contribution is -0.265. The number of pyridine rings is 2. The number of alkyl halides is 6. The van der Waals surface area contributed by atoms with Gasteiger partial charge in [0.15, 0.2) is 0 Å². The maximum atomic E-state index is 14.7. The van der Waals surface area contributed by atoms with Crippen LogP contribution >= 0.6 is 11.6 Å². The minimum absolute atomic E-state index is 0.0353. The summed E-state index contributed by atoms with van der Waals surface area (Å²) in [4.78, 5) is 33.3. The fourth-order valence-corrected chi connectivity index (χ4v) is 5.12. The molecule has 0 saturated heterocycles.